The third-order valence-corrected chi connectivity index (χ3v) is 9.47. The van der Waals surface area contributed by atoms with Crippen molar-refractivity contribution in [2.24, 2.45) is 0 Å². The van der Waals surface area contributed by atoms with Crippen molar-refractivity contribution in [2.45, 2.75) is 50.0 Å². The summed E-state index contributed by atoms with van der Waals surface area (Å²) in [5.74, 6) is -1.35. The van der Waals surface area contributed by atoms with Crippen LogP contribution >= 0.6 is 23.2 Å². The van der Waals surface area contributed by atoms with E-state index in [1.54, 1.807) is 74.5 Å². The SMILES string of the molecule is CC(C)NC(=O)C(Cc1ccccc1)N(Cc1ccc(Cl)cc1)C(=O)CN(c1cc(C(F)(F)F)ccc1Cl)S(=O)(=O)c1ccccc1. The zero-order valence-electron chi connectivity index (χ0n) is 25.4. The summed E-state index contributed by atoms with van der Waals surface area (Å²) >= 11 is 12.4. The number of halogens is 5. The van der Waals surface area contributed by atoms with E-state index in [0.29, 0.717) is 21.0 Å². The second-order valence-corrected chi connectivity index (χ2v) is 13.7. The topological polar surface area (TPSA) is 86.8 Å². The lowest BCUT2D eigenvalue weighted by atomic mass is 10.0. The maximum absolute atomic E-state index is 14.4. The summed E-state index contributed by atoms with van der Waals surface area (Å²) in [6.07, 6.45) is -4.77. The lowest BCUT2D eigenvalue weighted by Gasteiger charge is -2.34. The monoisotopic (exact) mass is 705 g/mol. The Bertz CT molecular complexity index is 1790. The van der Waals surface area contributed by atoms with Crippen LogP contribution in [0.25, 0.3) is 0 Å². The molecule has 1 N–H and O–H groups in total. The van der Waals surface area contributed by atoms with E-state index in [1.807, 2.05) is 0 Å². The number of rotatable bonds is 12. The molecule has 248 valence electrons. The first-order valence-corrected chi connectivity index (χ1v) is 16.7. The second kappa shape index (κ2) is 15.2. The van der Waals surface area contributed by atoms with Crippen molar-refractivity contribution in [3.8, 4) is 0 Å². The van der Waals surface area contributed by atoms with E-state index in [1.165, 1.54) is 29.2 Å². The van der Waals surface area contributed by atoms with Crippen LogP contribution in [0, 0.1) is 0 Å². The predicted molar refractivity (Wildman–Crippen MR) is 177 cm³/mol. The first-order valence-electron chi connectivity index (χ1n) is 14.5. The Morgan fingerprint density at radius 2 is 1.43 bits per heavy atom. The first kappa shape index (κ1) is 35.8. The molecule has 47 heavy (non-hydrogen) atoms. The fourth-order valence-electron chi connectivity index (χ4n) is 4.83. The molecule has 0 aliphatic rings. The fourth-order valence-corrected chi connectivity index (χ4v) is 6.68. The highest BCUT2D eigenvalue weighted by atomic mass is 35.5. The van der Waals surface area contributed by atoms with Gasteiger partial charge >= 0.3 is 6.18 Å². The van der Waals surface area contributed by atoms with E-state index in [2.05, 4.69) is 5.32 Å². The van der Waals surface area contributed by atoms with Gasteiger partial charge in [-0.3, -0.25) is 13.9 Å². The summed E-state index contributed by atoms with van der Waals surface area (Å²) in [7, 11) is -4.65. The molecule has 0 heterocycles. The Balaban J connectivity index is 1.87. The van der Waals surface area contributed by atoms with Crippen LogP contribution in [0.3, 0.4) is 0 Å². The average Bonchev–Trinajstić information content (AvgIpc) is 3.02. The van der Waals surface area contributed by atoms with E-state index < -0.39 is 51.9 Å². The molecule has 0 fully saturated rings. The van der Waals surface area contributed by atoms with Gasteiger partial charge in [0, 0.05) is 24.0 Å². The molecular weight excluding hydrogens is 674 g/mol. The molecule has 4 rings (SSSR count). The fraction of sp³-hybridized carbons (Fsp3) is 0.235. The van der Waals surface area contributed by atoms with Gasteiger partial charge in [-0.05, 0) is 67.4 Å². The Morgan fingerprint density at radius 1 is 0.830 bits per heavy atom. The van der Waals surface area contributed by atoms with Crippen LogP contribution in [0.2, 0.25) is 10.0 Å². The van der Waals surface area contributed by atoms with Crippen LogP contribution < -0.4 is 9.62 Å². The summed E-state index contributed by atoms with van der Waals surface area (Å²) < 4.78 is 70.1. The van der Waals surface area contributed by atoms with E-state index in [-0.39, 0.29) is 28.9 Å². The zero-order valence-corrected chi connectivity index (χ0v) is 27.7. The molecule has 7 nitrogen and oxygen atoms in total. The van der Waals surface area contributed by atoms with Crippen molar-refractivity contribution in [2.75, 3.05) is 10.8 Å². The van der Waals surface area contributed by atoms with E-state index in [4.69, 9.17) is 23.2 Å². The normalized spacial score (nSPS) is 12.4. The van der Waals surface area contributed by atoms with Crippen LogP contribution in [0.4, 0.5) is 18.9 Å². The average molecular weight is 707 g/mol. The van der Waals surface area contributed by atoms with Crippen molar-refractivity contribution in [1.82, 2.24) is 10.2 Å². The van der Waals surface area contributed by atoms with Gasteiger partial charge in [-0.25, -0.2) is 8.42 Å². The van der Waals surface area contributed by atoms with Gasteiger partial charge in [0.1, 0.15) is 12.6 Å². The minimum Gasteiger partial charge on any atom is -0.352 e. The van der Waals surface area contributed by atoms with Crippen LogP contribution in [-0.2, 0) is 38.8 Å². The number of carbonyl (C=O) groups excluding carboxylic acids is 2. The Kier molecular flexibility index (Phi) is 11.6. The molecule has 0 saturated carbocycles. The molecule has 0 bridgehead atoms. The molecule has 4 aromatic rings. The quantitative estimate of drug-likeness (QED) is 0.167. The summed E-state index contributed by atoms with van der Waals surface area (Å²) in [6, 6.07) is 23.2. The number of hydrogen-bond donors (Lipinski definition) is 1. The second-order valence-electron chi connectivity index (χ2n) is 11.0. The molecule has 0 aliphatic carbocycles. The molecule has 1 atom stereocenters. The summed E-state index contributed by atoms with van der Waals surface area (Å²) in [5.41, 5.74) is -0.405. The third kappa shape index (κ3) is 9.27. The van der Waals surface area contributed by atoms with Crippen molar-refractivity contribution in [3.63, 3.8) is 0 Å². The number of sulfonamides is 1. The van der Waals surface area contributed by atoms with Gasteiger partial charge < -0.3 is 10.2 Å². The van der Waals surface area contributed by atoms with Crippen molar-refractivity contribution >= 4 is 50.7 Å². The highest BCUT2D eigenvalue weighted by Gasteiger charge is 2.37. The van der Waals surface area contributed by atoms with Crippen molar-refractivity contribution in [1.29, 1.82) is 0 Å². The number of hydrogen-bond acceptors (Lipinski definition) is 4. The molecule has 0 spiro atoms. The highest BCUT2D eigenvalue weighted by molar-refractivity contribution is 7.92. The first-order chi connectivity index (χ1) is 22.2. The van der Waals surface area contributed by atoms with Crippen LogP contribution in [0.5, 0.6) is 0 Å². The van der Waals surface area contributed by atoms with Crippen LogP contribution in [0.15, 0.2) is 108 Å². The van der Waals surface area contributed by atoms with Gasteiger partial charge in [0.05, 0.1) is 21.2 Å². The number of benzene rings is 4. The zero-order chi connectivity index (χ0) is 34.4. The molecule has 0 saturated heterocycles. The highest BCUT2D eigenvalue weighted by Crippen LogP contribution is 2.37. The number of nitrogens with zero attached hydrogens (tertiary/aromatic N) is 2. The van der Waals surface area contributed by atoms with Crippen LogP contribution in [0.1, 0.15) is 30.5 Å². The largest absolute Gasteiger partial charge is 0.416 e. The molecular formula is C34H32Cl2F3N3O4S. The van der Waals surface area contributed by atoms with E-state index in [9.17, 15) is 31.2 Å². The maximum Gasteiger partial charge on any atom is 0.416 e. The molecule has 0 radical (unpaired) electrons. The van der Waals surface area contributed by atoms with Gasteiger partial charge in [0.15, 0.2) is 0 Å². The van der Waals surface area contributed by atoms with Gasteiger partial charge in [0.2, 0.25) is 11.8 Å². The number of nitrogens with one attached hydrogen (secondary N) is 1. The Hall–Kier alpha value is -4.06. The van der Waals surface area contributed by atoms with E-state index in [0.717, 1.165) is 17.7 Å². The van der Waals surface area contributed by atoms with Gasteiger partial charge in [0.25, 0.3) is 10.0 Å². The lowest BCUT2D eigenvalue weighted by molar-refractivity contribution is -0.140. The maximum atomic E-state index is 14.4. The predicted octanol–water partition coefficient (Wildman–Crippen LogP) is 7.37. The summed E-state index contributed by atoms with van der Waals surface area (Å²) in [5, 5.41) is 2.94. The lowest BCUT2D eigenvalue weighted by Crippen LogP contribution is -2.54. The number of carbonyl (C=O) groups is 2. The third-order valence-electron chi connectivity index (χ3n) is 7.12. The molecule has 0 aliphatic heterocycles. The van der Waals surface area contributed by atoms with Gasteiger partial charge in [-0.1, -0.05) is 83.9 Å². The molecule has 1 unspecified atom stereocenters. The minimum absolute atomic E-state index is 0.0640. The Labute approximate surface area is 282 Å². The number of anilines is 1. The molecule has 4 aromatic carbocycles. The summed E-state index contributed by atoms with van der Waals surface area (Å²) in [6.45, 7) is 2.40. The Morgan fingerprint density at radius 3 is 2.00 bits per heavy atom. The summed E-state index contributed by atoms with van der Waals surface area (Å²) in [4.78, 5) is 29.1. The van der Waals surface area contributed by atoms with Gasteiger partial charge in [-0.15, -0.1) is 0 Å². The molecule has 13 heteroatoms. The number of amides is 2. The molecule has 0 aromatic heterocycles. The number of alkyl halides is 3. The van der Waals surface area contributed by atoms with Crippen LogP contribution in [-0.4, -0.2) is 43.8 Å². The van der Waals surface area contributed by atoms with Crippen molar-refractivity contribution < 1.29 is 31.2 Å². The van der Waals surface area contributed by atoms with E-state index >= 15 is 0 Å². The minimum atomic E-state index is -4.83. The van der Waals surface area contributed by atoms with Crippen molar-refractivity contribution in [3.05, 3.63) is 130 Å². The molecule has 2 amide bonds. The smallest absolute Gasteiger partial charge is 0.352 e. The standard InChI is InChI=1S/C34H32Cl2F3N3O4S/c1-23(2)40-33(44)31(19-24-9-5-3-6-10-24)41(21-25-13-16-27(35)17-14-25)32(43)22-42(47(45,46)28-11-7-4-8-12-28)30-20-26(34(37,38)39)15-18-29(30)36/h3-18,20,23,31H,19,21-22H2,1-2H3,(H,40,44). The van der Waals surface area contributed by atoms with Gasteiger partial charge in [-0.2, -0.15) is 13.2 Å².